The average molecular weight is 215 g/mol. The van der Waals surface area contributed by atoms with Gasteiger partial charge in [0.25, 0.3) is 0 Å². The summed E-state index contributed by atoms with van der Waals surface area (Å²) in [5.41, 5.74) is 0. The summed E-state index contributed by atoms with van der Waals surface area (Å²) < 4.78 is 4.92. The van der Waals surface area contributed by atoms with E-state index in [1.54, 1.807) is 0 Å². The van der Waals surface area contributed by atoms with E-state index >= 15 is 0 Å². The zero-order valence-corrected chi connectivity index (χ0v) is 10.6. The fourth-order valence-electron chi connectivity index (χ4n) is 1.46. The van der Waals surface area contributed by atoms with Crippen molar-refractivity contribution in [3.63, 3.8) is 0 Å². The number of likely N-dealkylation sites (N-methyl/N-ethyl adjacent to an activating group) is 1. The summed E-state index contributed by atoms with van der Waals surface area (Å²) in [6.07, 6.45) is 2.38. The minimum Gasteiger partial charge on any atom is -0.465 e. The standard InChI is InChI=1S/C12H25NO2/c1-5-13(9-7-8-11(3)4)10-12(14)15-6-2/h11H,5-10H2,1-4H3. The molecule has 0 aromatic carbocycles. The van der Waals surface area contributed by atoms with Gasteiger partial charge in [-0.2, -0.15) is 0 Å². The summed E-state index contributed by atoms with van der Waals surface area (Å²) >= 11 is 0. The Labute approximate surface area is 93.8 Å². The van der Waals surface area contributed by atoms with Gasteiger partial charge in [-0.1, -0.05) is 20.8 Å². The fraction of sp³-hybridized carbons (Fsp3) is 0.917. The zero-order valence-electron chi connectivity index (χ0n) is 10.6. The van der Waals surface area contributed by atoms with E-state index < -0.39 is 0 Å². The first-order valence-corrected chi connectivity index (χ1v) is 5.98. The largest absolute Gasteiger partial charge is 0.465 e. The number of rotatable bonds is 8. The second-order valence-electron chi connectivity index (χ2n) is 4.21. The van der Waals surface area contributed by atoms with Crippen molar-refractivity contribution in [3.8, 4) is 0 Å². The van der Waals surface area contributed by atoms with E-state index in [1.165, 1.54) is 6.42 Å². The van der Waals surface area contributed by atoms with E-state index in [-0.39, 0.29) is 5.97 Å². The van der Waals surface area contributed by atoms with Gasteiger partial charge in [0.05, 0.1) is 13.2 Å². The molecule has 15 heavy (non-hydrogen) atoms. The van der Waals surface area contributed by atoms with E-state index in [1.807, 2.05) is 6.92 Å². The van der Waals surface area contributed by atoms with Crippen molar-refractivity contribution in [2.45, 2.75) is 40.5 Å². The Hall–Kier alpha value is -0.570. The molecule has 0 saturated carbocycles. The van der Waals surface area contributed by atoms with Gasteiger partial charge in [0, 0.05) is 0 Å². The lowest BCUT2D eigenvalue weighted by molar-refractivity contribution is -0.144. The number of carbonyl (C=O) groups excluding carboxylic acids is 1. The molecule has 0 radical (unpaired) electrons. The van der Waals surface area contributed by atoms with E-state index in [2.05, 4.69) is 25.7 Å². The van der Waals surface area contributed by atoms with Gasteiger partial charge in [0.2, 0.25) is 0 Å². The summed E-state index contributed by atoms with van der Waals surface area (Å²) in [5.74, 6) is 0.634. The van der Waals surface area contributed by atoms with Crippen LogP contribution in [0, 0.1) is 5.92 Å². The summed E-state index contributed by atoms with van der Waals surface area (Å²) in [7, 11) is 0. The molecule has 0 aromatic rings. The van der Waals surface area contributed by atoms with Crippen molar-refractivity contribution in [1.82, 2.24) is 4.90 Å². The highest BCUT2D eigenvalue weighted by atomic mass is 16.5. The van der Waals surface area contributed by atoms with Gasteiger partial charge in [-0.15, -0.1) is 0 Å². The van der Waals surface area contributed by atoms with Gasteiger partial charge < -0.3 is 4.74 Å². The minimum absolute atomic E-state index is 0.108. The molecule has 0 aliphatic heterocycles. The first kappa shape index (κ1) is 14.4. The Morgan fingerprint density at radius 3 is 2.47 bits per heavy atom. The molecule has 0 rings (SSSR count). The predicted molar refractivity (Wildman–Crippen MR) is 62.8 cm³/mol. The van der Waals surface area contributed by atoms with Crippen molar-refractivity contribution in [2.24, 2.45) is 5.92 Å². The van der Waals surface area contributed by atoms with E-state index in [4.69, 9.17) is 4.74 Å². The summed E-state index contributed by atoms with van der Waals surface area (Å²) in [4.78, 5) is 13.4. The molecular formula is C12H25NO2. The zero-order chi connectivity index (χ0) is 11.7. The molecule has 0 aliphatic rings. The Balaban J connectivity index is 3.67. The van der Waals surface area contributed by atoms with Crippen molar-refractivity contribution >= 4 is 5.97 Å². The molecule has 0 atom stereocenters. The Morgan fingerprint density at radius 2 is 2.00 bits per heavy atom. The molecule has 90 valence electrons. The summed E-state index contributed by atoms with van der Waals surface area (Å²) in [5, 5.41) is 0. The first-order valence-electron chi connectivity index (χ1n) is 5.98. The number of esters is 1. The second-order valence-corrected chi connectivity index (χ2v) is 4.21. The topological polar surface area (TPSA) is 29.5 Å². The first-order chi connectivity index (χ1) is 7.10. The Bertz CT molecular complexity index is 169. The van der Waals surface area contributed by atoms with Crippen LogP contribution in [-0.4, -0.2) is 37.1 Å². The maximum Gasteiger partial charge on any atom is 0.320 e. The summed E-state index contributed by atoms with van der Waals surface area (Å²) in [6, 6.07) is 0. The number of ether oxygens (including phenoxy) is 1. The molecule has 0 spiro atoms. The molecule has 0 bridgehead atoms. The molecule has 0 aliphatic carbocycles. The fourth-order valence-corrected chi connectivity index (χ4v) is 1.46. The van der Waals surface area contributed by atoms with E-state index in [0.717, 1.165) is 25.4 Å². The van der Waals surface area contributed by atoms with Crippen LogP contribution < -0.4 is 0 Å². The third-order valence-corrected chi connectivity index (χ3v) is 2.36. The highest BCUT2D eigenvalue weighted by Crippen LogP contribution is 2.04. The normalized spacial score (nSPS) is 11.1. The van der Waals surface area contributed by atoms with Gasteiger partial charge in [0.1, 0.15) is 0 Å². The van der Waals surface area contributed by atoms with E-state index in [0.29, 0.717) is 13.2 Å². The van der Waals surface area contributed by atoms with Gasteiger partial charge >= 0.3 is 5.97 Å². The Morgan fingerprint density at radius 1 is 1.33 bits per heavy atom. The van der Waals surface area contributed by atoms with Gasteiger partial charge in [-0.25, -0.2) is 0 Å². The van der Waals surface area contributed by atoms with Crippen LogP contribution in [0.4, 0.5) is 0 Å². The van der Waals surface area contributed by atoms with Gasteiger partial charge in [-0.05, 0) is 38.8 Å². The van der Waals surface area contributed by atoms with Crippen LogP contribution >= 0.6 is 0 Å². The Kier molecular flexibility index (Phi) is 8.38. The molecule has 0 saturated heterocycles. The third kappa shape index (κ3) is 8.43. The van der Waals surface area contributed by atoms with Crippen LogP contribution in [0.3, 0.4) is 0 Å². The SMILES string of the molecule is CCOC(=O)CN(CC)CCCC(C)C. The third-order valence-electron chi connectivity index (χ3n) is 2.36. The van der Waals surface area contributed by atoms with Crippen LogP contribution in [0.5, 0.6) is 0 Å². The van der Waals surface area contributed by atoms with Crippen LogP contribution in [0.2, 0.25) is 0 Å². The lowest BCUT2D eigenvalue weighted by atomic mass is 10.1. The lowest BCUT2D eigenvalue weighted by Gasteiger charge is -2.19. The highest BCUT2D eigenvalue weighted by molar-refractivity contribution is 5.71. The molecule has 3 heteroatoms. The van der Waals surface area contributed by atoms with Gasteiger partial charge in [-0.3, -0.25) is 9.69 Å². The smallest absolute Gasteiger partial charge is 0.320 e. The molecule has 0 heterocycles. The number of hydrogen-bond acceptors (Lipinski definition) is 3. The molecule has 0 N–H and O–H groups in total. The number of carbonyl (C=O) groups is 1. The predicted octanol–water partition coefficient (Wildman–Crippen LogP) is 2.31. The quantitative estimate of drug-likeness (QED) is 0.582. The van der Waals surface area contributed by atoms with Crippen LogP contribution in [0.15, 0.2) is 0 Å². The number of nitrogens with zero attached hydrogens (tertiary/aromatic N) is 1. The van der Waals surface area contributed by atoms with Crippen molar-refractivity contribution in [3.05, 3.63) is 0 Å². The molecule has 0 unspecified atom stereocenters. The molecule has 0 fully saturated rings. The maximum atomic E-state index is 11.2. The number of hydrogen-bond donors (Lipinski definition) is 0. The minimum atomic E-state index is -0.108. The van der Waals surface area contributed by atoms with E-state index in [9.17, 15) is 4.79 Å². The van der Waals surface area contributed by atoms with Crippen LogP contribution in [-0.2, 0) is 9.53 Å². The summed E-state index contributed by atoms with van der Waals surface area (Å²) in [6.45, 7) is 11.2. The van der Waals surface area contributed by atoms with Gasteiger partial charge in [0.15, 0.2) is 0 Å². The maximum absolute atomic E-state index is 11.2. The van der Waals surface area contributed by atoms with Crippen molar-refractivity contribution in [2.75, 3.05) is 26.2 Å². The molecule has 3 nitrogen and oxygen atoms in total. The monoisotopic (exact) mass is 215 g/mol. The lowest BCUT2D eigenvalue weighted by Crippen LogP contribution is -2.31. The van der Waals surface area contributed by atoms with Crippen LogP contribution in [0.25, 0.3) is 0 Å². The molecular weight excluding hydrogens is 190 g/mol. The van der Waals surface area contributed by atoms with Crippen molar-refractivity contribution < 1.29 is 9.53 Å². The molecule has 0 aromatic heterocycles. The van der Waals surface area contributed by atoms with Crippen molar-refractivity contribution in [1.29, 1.82) is 0 Å². The second kappa shape index (κ2) is 8.72. The molecule has 0 amide bonds. The highest BCUT2D eigenvalue weighted by Gasteiger charge is 2.09. The van der Waals surface area contributed by atoms with Crippen LogP contribution in [0.1, 0.15) is 40.5 Å². The average Bonchev–Trinajstić information content (AvgIpc) is 2.16.